The van der Waals surface area contributed by atoms with Crippen molar-refractivity contribution in [2.75, 3.05) is 19.8 Å². The number of esters is 1. The number of rotatable bonds is 6. The summed E-state index contributed by atoms with van der Waals surface area (Å²) >= 11 is 0. The summed E-state index contributed by atoms with van der Waals surface area (Å²) in [7, 11) is 0. The van der Waals surface area contributed by atoms with Gasteiger partial charge in [-0.05, 0) is 19.1 Å². The fourth-order valence-electron chi connectivity index (χ4n) is 1.03. The van der Waals surface area contributed by atoms with E-state index in [4.69, 9.17) is 4.74 Å². The molecule has 0 aliphatic rings. The molecule has 0 atom stereocenters. The summed E-state index contributed by atoms with van der Waals surface area (Å²) < 4.78 is 22.1. The zero-order chi connectivity index (χ0) is 13.4. The molecule has 0 saturated heterocycles. The predicted molar refractivity (Wildman–Crippen MR) is 59.3 cm³/mol. The predicted octanol–water partition coefficient (Wildman–Crippen LogP) is 0.279. The van der Waals surface area contributed by atoms with Crippen LogP contribution in [0.1, 0.15) is 6.92 Å². The Hall–Kier alpha value is -2.18. The molecule has 0 aliphatic carbocycles. The van der Waals surface area contributed by atoms with Gasteiger partial charge >= 0.3 is 5.97 Å². The molecule has 1 aromatic heterocycles. The fraction of sp³-hybridized carbons (Fsp3) is 0.364. The van der Waals surface area contributed by atoms with Crippen LogP contribution in [0.2, 0.25) is 0 Å². The van der Waals surface area contributed by atoms with E-state index in [0.717, 1.165) is 12.3 Å². The van der Waals surface area contributed by atoms with Gasteiger partial charge in [0.2, 0.25) is 5.95 Å². The maximum absolute atomic E-state index is 12.5. The molecule has 0 fully saturated rings. The third-order valence-corrected chi connectivity index (χ3v) is 1.81. The van der Waals surface area contributed by atoms with Gasteiger partial charge in [0.1, 0.15) is 12.3 Å². The maximum atomic E-state index is 12.5. The Labute approximate surface area is 103 Å². The SMILES string of the molecule is CCOC(=O)CNC(=O)COc1ccc(F)nc1. The molecular formula is C11H13FN2O4. The zero-order valence-electron chi connectivity index (χ0n) is 9.81. The lowest BCUT2D eigenvalue weighted by Crippen LogP contribution is -2.34. The Balaban J connectivity index is 2.24. The largest absolute Gasteiger partial charge is 0.482 e. The van der Waals surface area contributed by atoms with Gasteiger partial charge in [0, 0.05) is 0 Å². The first-order valence-electron chi connectivity index (χ1n) is 5.28. The number of nitrogens with zero attached hydrogens (tertiary/aromatic N) is 1. The first-order chi connectivity index (χ1) is 8.61. The average molecular weight is 256 g/mol. The van der Waals surface area contributed by atoms with Crippen LogP contribution in [-0.4, -0.2) is 36.6 Å². The average Bonchev–Trinajstić information content (AvgIpc) is 2.36. The van der Waals surface area contributed by atoms with Crippen molar-refractivity contribution in [1.82, 2.24) is 10.3 Å². The summed E-state index contributed by atoms with van der Waals surface area (Å²) in [5, 5.41) is 2.32. The van der Waals surface area contributed by atoms with E-state index in [1.807, 2.05) is 0 Å². The van der Waals surface area contributed by atoms with Crippen LogP contribution in [0.15, 0.2) is 18.3 Å². The molecule has 1 N–H and O–H groups in total. The molecule has 1 rings (SSSR count). The number of amides is 1. The van der Waals surface area contributed by atoms with Gasteiger partial charge < -0.3 is 14.8 Å². The molecule has 18 heavy (non-hydrogen) atoms. The topological polar surface area (TPSA) is 77.5 Å². The molecule has 1 aromatic rings. The van der Waals surface area contributed by atoms with Crippen LogP contribution in [0, 0.1) is 5.95 Å². The highest BCUT2D eigenvalue weighted by Gasteiger charge is 2.06. The third-order valence-electron chi connectivity index (χ3n) is 1.81. The van der Waals surface area contributed by atoms with Crippen molar-refractivity contribution in [3.8, 4) is 5.75 Å². The summed E-state index contributed by atoms with van der Waals surface area (Å²) in [5.41, 5.74) is 0. The van der Waals surface area contributed by atoms with E-state index in [9.17, 15) is 14.0 Å². The Kier molecular flexibility index (Phi) is 5.56. The second-order valence-corrected chi connectivity index (χ2v) is 3.19. The number of pyridine rings is 1. The summed E-state index contributed by atoms with van der Waals surface area (Å²) in [6.45, 7) is 1.43. The van der Waals surface area contributed by atoms with E-state index >= 15 is 0 Å². The maximum Gasteiger partial charge on any atom is 0.325 e. The van der Waals surface area contributed by atoms with E-state index in [-0.39, 0.29) is 25.5 Å². The number of aromatic nitrogens is 1. The van der Waals surface area contributed by atoms with Gasteiger partial charge in [-0.3, -0.25) is 9.59 Å². The normalized spacial score (nSPS) is 9.67. The molecule has 0 aromatic carbocycles. The van der Waals surface area contributed by atoms with Gasteiger partial charge in [0.25, 0.3) is 5.91 Å². The first kappa shape index (κ1) is 13.9. The lowest BCUT2D eigenvalue weighted by Gasteiger charge is -2.06. The first-order valence-corrected chi connectivity index (χ1v) is 5.28. The van der Waals surface area contributed by atoms with Crippen LogP contribution in [0.5, 0.6) is 5.75 Å². The number of hydrogen-bond acceptors (Lipinski definition) is 5. The van der Waals surface area contributed by atoms with Crippen LogP contribution in [-0.2, 0) is 14.3 Å². The molecule has 98 valence electrons. The van der Waals surface area contributed by atoms with E-state index in [2.05, 4.69) is 15.0 Å². The van der Waals surface area contributed by atoms with Crippen molar-refractivity contribution in [3.63, 3.8) is 0 Å². The van der Waals surface area contributed by atoms with E-state index < -0.39 is 17.8 Å². The number of hydrogen-bond donors (Lipinski definition) is 1. The fourth-order valence-corrected chi connectivity index (χ4v) is 1.03. The Morgan fingerprint density at radius 3 is 2.83 bits per heavy atom. The van der Waals surface area contributed by atoms with Crippen molar-refractivity contribution >= 4 is 11.9 Å². The summed E-state index contributed by atoms with van der Waals surface area (Å²) in [5.74, 6) is -1.36. The number of nitrogens with one attached hydrogen (secondary N) is 1. The number of carbonyl (C=O) groups excluding carboxylic acids is 2. The molecule has 6 nitrogen and oxygen atoms in total. The standard InChI is InChI=1S/C11H13FN2O4/c1-2-17-11(16)6-14-10(15)7-18-8-3-4-9(12)13-5-8/h3-5H,2,6-7H2,1H3,(H,14,15). The molecule has 0 spiro atoms. The van der Waals surface area contributed by atoms with Crippen molar-refractivity contribution < 1.29 is 23.5 Å². The smallest absolute Gasteiger partial charge is 0.325 e. The van der Waals surface area contributed by atoms with E-state index in [1.165, 1.54) is 6.07 Å². The Morgan fingerprint density at radius 1 is 1.44 bits per heavy atom. The van der Waals surface area contributed by atoms with E-state index in [1.54, 1.807) is 6.92 Å². The molecule has 0 saturated carbocycles. The van der Waals surface area contributed by atoms with Gasteiger partial charge in [-0.1, -0.05) is 0 Å². The minimum Gasteiger partial charge on any atom is -0.482 e. The molecular weight excluding hydrogens is 243 g/mol. The van der Waals surface area contributed by atoms with Gasteiger partial charge in [0.05, 0.1) is 12.8 Å². The third kappa shape index (κ3) is 5.24. The van der Waals surface area contributed by atoms with Gasteiger partial charge in [-0.25, -0.2) is 4.98 Å². The van der Waals surface area contributed by atoms with Crippen LogP contribution in [0.25, 0.3) is 0 Å². The molecule has 1 heterocycles. The zero-order valence-corrected chi connectivity index (χ0v) is 9.81. The van der Waals surface area contributed by atoms with Crippen molar-refractivity contribution in [3.05, 3.63) is 24.3 Å². The highest BCUT2D eigenvalue weighted by Crippen LogP contribution is 2.07. The number of halogens is 1. The minimum absolute atomic E-state index is 0.211. The van der Waals surface area contributed by atoms with Gasteiger partial charge in [-0.2, -0.15) is 4.39 Å². The Bertz CT molecular complexity index is 408. The number of carbonyl (C=O) groups is 2. The molecule has 1 amide bonds. The number of ether oxygens (including phenoxy) is 2. The highest BCUT2D eigenvalue weighted by molar-refractivity contribution is 5.82. The molecule has 0 unspecified atom stereocenters. The second kappa shape index (κ2) is 7.21. The quantitative estimate of drug-likeness (QED) is 0.584. The van der Waals surface area contributed by atoms with Gasteiger partial charge in [-0.15, -0.1) is 0 Å². The van der Waals surface area contributed by atoms with Crippen LogP contribution < -0.4 is 10.1 Å². The Morgan fingerprint density at radius 2 is 2.22 bits per heavy atom. The summed E-state index contributed by atoms with van der Waals surface area (Å²) in [6.07, 6.45) is 1.16. The molecule has 0 aliphatic heterocycles. The van der Waals surface area contributed by atoms with Crippen LogP contribution >= 0.6 is 0 Å². The van der Waals surface area contributed by atoms with Gasteiger partial charge in [0.15, 0.2) is 6.61 Å². The lowest BCUT2D eigenvalue weighted by atomic mass is 10.4. The van der Waals surface area contributed by atoms with Crippen molar-refractivity contribution in [2.45, 2.75) is 6.92 Å². The molecule has 7 heteroatoms. The summed E-state index contributed by atoms with van der Waals surface area (Å²) in [6, 6.07) is 2.47. The van der Waals surface area contributed by atoms with Crippen molar-refractivity contribution in [1.29, 1.82) is 0 Å². The van der Waals surface area contributed by atoms with Crippen molar-refractivity contribution in [2.24, 2.45) is 0 Å². The van der Waals surface area contributed by atoms with E-state index in [0.29, 0.717) is 0 Å². The monoisotopic (exact) mass is 256 g/mol. The second-order valence-electron chi connectivity index (χ2n) is 3.19. The van der Waals surface area contributed by atoms with Crippen LogP contribution in [0.4, 0.5) is 4.39 Å². The molecule has 0 radical (unpaired) electrons. The lowest BCUT2D eigenvalue weighted by molar-refractivity contribution is -0.143. The van der Waals surface area contributed by atoms with Crippen LogP contribution in [0.3, 0.4) is 0 Å². The minimum atomic E-state index is -0.630. The summed E-state index contributed by atoms with van der Waals surface area (Å²) in [4.78, 5) is 25.5. The molecule has 0 bridgehead atoms. The highest BCUT2D eigenvalue weighted by atomic mass is 19.1.